The highest BCUT2D eigenvalue weighted by molar-refractivity contribution is 6.25. The molecule has 0 aromatic carbocycles. The zero-order valence-corrected chi connectivity index (χ0v) is 6.69. The third-order valence-electron chi connectivity index (χ3n) is 1.47. The molecule has 0 spiro atoms. The van der Waals surface area contributed by atoms with Gasteiger partial charge in [-0.3, -0.25) is 18.5 Å². The fourth-order valence-electron chi connectivity index (χ4n) is 0.791. The predicted molar refractivity (Wildman–Crippen MR) is 47.1 cm³/mol. The van der Waals surface area contributed by atoms with E-state index in [1.807, 2.05) is 0 Å². The van der Waals surface area contributed by atoms with E-state index in [2.05, 4.69) is 0 Å². The minimum Gasteiger partial charge on any atom is -0.434 e. The molecular weight excluding hydrogens is 190 g/mol. The molecule has 1 heterocycles. The van der Waals surface area contributed by atoms with Crippen LogP contribution in [-0.4, -0.2) is 46.7 Å². The Labute approximate surface area is 79.1 Å². The van der Waals surface area contributed by atoms with Crippen LogP contribution < -0.4 is 17.1 Å². The first-order valence-corrected chi connectivity index (χ1v) is 3.25. The van der Waals surface area contributed by atoms with Crippen LogP contribution in [0.15, 0.2) is 14.4 Å². The Bertz CT molecular complexity index is 471. The number of rotatable bonds is 2. The van der Waals surface area contributed by atoms with Crippen LogP contribution >= 0.6 is 0 Å². The largest absolute Gasteiger partial charge is 0.449 e. The molecule has 0 fully saturated rings. The van der Waals surface area contributed by atoms with Crippen molar-refractivity contribution in [2.75, 3.05) is 0 Å². The van der Waals surface area contributed by atoms with E-state index < -0.39 is 17.1 Å². The molecule has 14 heavy (non-hydrogen) atoms. The van der Waals surface area contributed by atoms with Gasteiger partial charge in [0.05, 0.1) is 0 Å². The molecule has 0 bridgehead atoms. The van der Waals surface area contributed by atoms with E-state index in [0.29, 0.717) is 0 Å². The molecule has 0 aliphatic heterocycles. The summed E-state index contributed by atoms with van der Waals surface area (Å²) < 4.78 is 0.350. The Morgan fingerprint density at radius 3 is 1.57 bits per heavy atom. The van der Waals surface area contributed by atoms with Crippen molar-refractivity contribution in [3.05, 3.63) is 31.5 Å². The van der Waals surface area contributed by atoms with Crippen molar-refractivity contribution in [2.24, 2.45) is 0 Å². The molecule has 2 N–H and O–H groups in total. The Hall–Kier alpha value is -1.48. The summed E-state index contributed by atoms with van der Waals surface area (Å²) >= 11 is 0. The highest BCUT2D eigenvalue weighted by atomic mass is 16.2. The number of nitrogens with zero attached hydrogens (tertiary/aromatic N) is 3. The van der Waals surface area contributed by atoms with Gasteiger partial charge in [0.1, 0.15) is 0 Å². The van der Waals surface area contributed by atoms with Crippen molar-refractivity contribution in [1.29, 1.82) is 0 Å². The van der Waals surface area contributed by atoms with Gasteiger partial charge in [0.25, 0.3) is 0 Å². The molecule has 1 rings (SSSR count). The fraction of sp³-hybridized carbons (Fsp3) is 0. The summed E-state index contributed by atoms with van der Waals surface area (Å²) in [5.74, 6) is 0. The molecule has 0 amide bonds. The lowest BCUT2D eigenvalue weighted by Gasteiger charge is -2.05. The van der Waals surface area contributed by atoms with Crippen LogP contribution in [0.3, 0.4) is 0 Å². The highest BCUT2D eigenvalue weighted by Crippen LogP contribution is 1.61. The second kappa shape index (κ2) is 3.72. The van der Waals surface area contributed by atoms with Crippen LogP contribution in [-0.2, 0) is 0 Å². The minimum absolute atomic E-state index is 0.0564. The zero-order chi connectivity index (χ0) is 10.9. The van der Waals surface area contributed by atoms with Crippen molar-refractivity contribution in [3.63, 3.8) is 0 Å². The lowest BCUT2D eigenvalue weighted by atomic mass is 10.2. The molecule has 0 saturated heterocycles. The maximum absolute atomic E-state index is 11.1. The zero-order valence-electron chi connectivity index (χ0n) is 6.69. The Kier molecular flexibility index (Phi) is 2.82. The second-order valence-corrected chi connectivity index (χ2v) is 2.19. The Morgan fingerprint density at radius 2 is 1.29 bits per heavy atom. The van der Waals surface area contributed by atoms with Gasteiger partial charge in [-0.25, -0.2) is 4.79 Å². The molecule has 1 aromatic heterocycles. The van der Waals surface area contributed by atoms with Gasteiger partial charge in [-0.15, -0.1) is 0 Å². The molecule has 0 unspecified atom stereocenters. The van der Waals surface area contributed by atoms with E-state index in [9.17, 15) is 14.4 Å². The van der Waals surface area contributed by atoms with Crippen LogP contribution in [0.4, 0.5) is 0 Å². The smallest absolute Gasteiger partial charge is 0.434 e. The van der Waals surface area contributed by atoms with Gasteiger partial charge >= 0.3 is 32.3 Å². The summed E-state index contributed by atoms with van der Waals surface area (Å²) in [5.41, 5.74) is -3.67. The van der Waals surface area contributed by atoms with Gasteiger partial charge in [-0.05, 0) is 0 Å². The number of hydrogen-bond donors (Lipinski definition) is 2. The van der Waals surface area contributed by atoms with Crippen molar-refractivity contribution in [1.82, 2.24) is 13.4 Å². The van der Waals surface area contributed by atoms with Crippen LogP contribution in [0.5, 0.6) is 0 Å². The van der Waals surface area contributed by atoms with E-state index in [1.54, 1.807) is 0 Å². The molecule has 4 radical (unpaired) electrons. The van der Waals surface area contributed by atoms with Crippen molar-refractivity contribution >= 4 is 23.2 Å². The molecule has 0 aliphatic rings. The molecule has 0 saturated carbocycles. The number of hydrogen-bond acceptors (Lipinski definition) is 5. The summed E-state index contributed by atoms with van der Waals surface area (Å²) in [4.78, 5) is 33.1. The van der Waals surface area contributed by atoms with Gasteiger partial charge in [-0.2, -0.15) is 0 Å². The summed E-state index contributed by atoms with van der Waals surface area (Å²) in [6.45, 7) is 0. The first-order valence-electron chi connectivity index (χ1n) is 3.25. The van der Waals surface area contributed by atoms with Gasteiger partial charge in [-0.1, -0.05) is 0 Å². The van der Waals surface area contributed by atoms with Gasteiger partial charge in [0.2, 0.25) is 7.98 Å². The normalized spacial score (nSPS) is 9.86. The maximum Gasteiger partial charge on any atom is 0.449 e. The van der Waals surface area contributed by atoms with Crippen LogP contribution in [0.25, 0.3) is 0 Å². The lowest BCUT2D eigenvalue weighted by Crippen LogP contribution is -2.56. The minimum atomic E-state index is -1.23. The first kappa shape index (κ1) is 10.6. The lowest BCUT2D eigenvalue weighted by molar-refractivity contribution is 0.551. The average Bonchev–Trinajstić information content (AvgIpc) is 2.16. The molecule has 0 atom stereocenters. The van der Waals surface area contributed by atoms with Crippen LogP contribution in [0.1, 0.15) is 0 Å². The molecule has 8 nitrogen and oxygen atoms in total. The van der Waals surface area contributed by atoms with Crippen molar-refractivity contribution in [2.45, 2.75) is 0 Å². The van der Waals surface area contributed by atoms with Gasteiger partial charge < -0.3 is 14.5 Å². The Morgan fingerprint density at radius 1 is 0.929 bits per heavy atom. The maximum atomic E-state index is 11.1. The van der Waals surface area contributed by atoms with E-state index in [-0.39, 0.29) is 28.7 Å². The van der Waals surface area contributed by atoms with E-state index in [1.165, 1.54) is 0 Å². The first-order chi connectivity index (χ1) is 6.54. The topological polar surface area (TPSA) is 106 Å². The molecule has 0 aliphatic carbocycles. The highest BCUT2D eigenvalue weighted by Gasteiger charge is 2.12. The van der Waals surface area contributed by atoms with E-state index >= 15 is 0 Å². The van der Waals surface area contributed by atoms with Crippen LogP contribution in [0, 0.1) is 0 Å². The third-order valence-corrected chi connectivity index (χ3v) is 1.47. The number of aromatic nitrogens is 3. The van der Waals surface area contributed by atoms with E-state index in [4.69, 9.17) is 18.0 Å². The second-order valence-electron chi connectivity index (χ2n) is 2.19. The standard InChI is InChI=1S/C3H2B3N3O5/c4-7-1(10)8(5-13)3(12)9(6-14)2(7)11/h13-14H. The van der Waals surface area contributed by atoms with E-state index in [0.717, 1.165) is 0 Å². The molecule has 1 aromatic rings. The summed E-state index contributed by atoms with van der Waals surface area (Å²) in [6.07, 6.45) is 0. The van der Waals surface area contributed by atoms with Crippen molar-refractivity contribution < 1.29 is 10.0 Å². The van der Waals surface area contributed by atoms with Gasteiger partial charge in [0, 0.05) is 0 Å². The van der Waals surface area contributed by atoms with Crippen molar-refractivity contribution in [3.8, 4) is 0 Å². The quantitative estimate of drug-likeness (QED) is 0.456. The van der Waals surface area contributed by atoms with Gasteiger partial charge in [0.15, 0.2) is 0 Å². The monoisotopic (exact) mass is 193 g/mol. The predicted octanol–water partition coefficient (Wildman–Crippen LogP) is -5.15. The molecular formula is C3H2B3N3O5. The SMILES string of the molecule is [B]n1c(=O)n([B]O)c(=O)n([B]O)c1=O. The average molecular weight is 193 g/mol. The Balaban J connectivity index is 3.84. The summed E-state index contributed by atoms with van der Waals surface area (Å²) in [5, 5.41) is 17.0. The third kappa shape index (κ3) is 1.36. The summed E-state index contributed by atoms with van der Waals surface area (Å²) in [6, 6.07) is 0. The molecule has 11 heteroatoms. The fourth-order valence-corrected chi connectivity index (χ4v) is 0.791. The summed E-state index contributed by atoms with van der Waals surface area (Å²) in [7, 11) is 5.22. The van der Waals surface area contributed by atoms with Crippen LogP contribution in [0.2, 0.25) is 0 Å². The molecule has 68 valence electrons.